The fourth-order valence-electron chi connectivity index (χ4n) is 2.82. The second-order valence-electron chi connectivity index (χ2n) is 6.76. The highest BCUT2D eigenvalue weighted by molar-refractivity contribution is 7.14. The van der Waals surface area contributed by atoms with Gasteiger partial charge in [0.1, 0.15) is 0 Å². The number of carbonyl (C=O) groups is 2. The number of ether oxygens (including phenoxy) is 1. The molecule has 3 aromatic rings. The van der Waals surface area contributed by atoms with E-state index >= 15 is 0 Å². The Bertz CT molecular complexity index is 1110. The van der Waals surface area contributed by atoms with Crippen LogP contribution >= 0.6 is 11.3 Å². The largest absolute Gasteiger partial charge is 0.449 e. The van der Waals surface area contributed by atoms with E-state index in [0.717, 1.165) is 11.1 Å². The monoisotopic (exact) mass is 425 g/mol. The smallest absolute Gasteiger partial charge is 0.338 e. The molecule has 1 aromatic heterocycles. The van der Waals surface area contributed by atoms with Crippen molar-refractivity contribution in [1.82, 2.24) is 4.98 Å². The standard InChI is InChI=1S/C21H19N3O5S/c1-12-7-13(2)9-16(8-12)20(26)29-14(3)19(25)23-21-22-18(11-30-21)15-5-4-6-17(10-15)24(27)28/h4-11,14H,1-3H3,(H,22,23,25)/t14-/m0/s1. The molecule has 1 N–H and O–H groups in total. The molecule has 1 atom stereocenters. The normalized spacial score (nSPS) is 11.6. The number of nitrogens with zero attached hydrogens (tertiary/aromatic N) is 2. The van der Waals surface area contributed by atoms with E-state index in [-0.39, 0.29) is 5.69 Å². The minimum Gasteiger partial charge on any atom is -0.449 e. The van der Waals surface area contributed by atoms with Crippen LogP contribution in [0.4, 0.5) is 10.8 Å². The topological polar surface area (TPSA) is 111 Å². The summed E-state index contributed by atoms with van der Waals surface area (Å²) >= 11 is 1.17. The van der Waals surface area contributed by atoms with Crippen molar-refractivity contribution >= 4 is 34.0 Å². The van der Waals surface area contributed by atoms with Gasteiger partial charge in [0.05, 0.1) is 16.2 Å². The maximum Gasteiger partial charge on any atom is 0.338 e. The van der Waals surface area contributed by atoms with Crippen LogP contribution in [0, 0.1) is 24.0 Å². The number of non-ortho nitro benzene ring substituents is 1. The average molecular weight is 425 g/mol. The maximum atomic E-state index is 12.4. The van der Waals surface area contributed by atoms with E-state index in [1.165, 1.54) is 30.4 Å². The van der Waals surface area contributed by atoms with Crippen LogP contribution in [0.5, 0.6) is 0 Å². The van der Waals surface area contributed by atoms with Gasteiger partial charge in [-0.15, -0.1) is 11.3 Å². The molecular weight excluding hydrogens is 406 g/mol. The van der Waals surface area contributed by atoms with Gasteiger partial charge in [0.25, 0.3) is 11.6 Å². The number of hydrogen-bond donors (Lipinski definition) is 1. The van der Waals surface area contributed by atoms with Gasteiger partial charge in [-0.3, -0.25) is 20.2 Å². The average Bonchev–Trinajstić information content (AvgIpc) is 3.15. The van der Waals surface area contributed by atoms with E-state index in [4.69, 9.17) is 4.74 Å². The van der Waals surface area contributed by atoms with Gasteiger partial charge >= 0.3 is 5.97 Å². The summed E-state index contributed by atoms with van der Waals surface area (Å²) in [5, 5.41) is 15.5. The Morgan fingerprint density at radius 2 is 1.87 bits per heavy atom. The Labute approximate surface area is 176 Å². The molecule has 0 saturated heterocycles. The van der Waals surface area contributed by atoms with Crippen molar-refractivity contribution in [3.05, 3.63) is 74.6 Å². The van der Waals surface area contributed by atoms with E-state index in [9.17, 15) is 19.7 Å². The first-order valence-electron chi connectivity index (χ1n) is 9.03. The summed E-state index contributed by atoms with van der Waals surface area (Å²) < 4.78 is 5.26. The lowest BCUT2D eigenvalue weighted by atomic mass is 10.1. The van der Waals surface area contributed by atoms with Crippen molar-refractivity contribution in [2.24, 2.45) is 0 Å². The third kappa shape index (κ3) is 5.06. The van der Waals surface area contributed by atoms with Crippen LogP contribution in [-0.4, -0.2) is 27.9 Å². The fraction of sp³-hybridized carbons (Fsp3) is 0.190. The predicted molar refractivity (Wildman–Crippen MR) is 114 cm³/mol. The first kappa shape index (κ1) is 21.1. The number of thiazole rings is 1. The second kappa shape index (κ2) is 8.83. The van der Waals surface area contributed by atoms with Crippen LogP contribution in [0.2, 0.25) is 0 Å². The summed E-state index contributed by atoms with van der Waals surface area (Å²) in [6.07, 6.45) is -1.02. The van der Waals surface area contributed by atoms with Crippen molar-refractivity contribution in [2.75, 3.05) is 5.32 Å². The number of aromatic nitrogens is 1. The summed E-state index contributed by atoms with van der Waals surface area (Å²) in [4.78, 5) is 39.4. The zero-order chi connectivity index (χ0) is 21.8. The third-order valence-corrected chi connectivity index (χ3v) is 4.96. The van der Waals surface area contributed by atoms with E-state index < -0.39 is 22.9 Å². The van der Waals surface area contributed by atoms with Gasteiger partial charge in [0, 0.05) is 23.1 Å². The van der Waals surface area contributed by atoms with Crippen LogP contribution in [0.3, 0.4) is 0 Å². The van der Waals surface area contributed by atoms with Crippen LogP contribution in [-0.2, 0) is 9.53 Å². The highest BCUT2D eigenvalue weighted by Gasteiger charge is 2.21. The lowest BCUT2D eigenvalue weighted by Gasteiger charge is -2.13. The first-order chi connectivity index (χ1) is 14.2. The zero-order valence-corrected chi connectivity index (χ0v) is 17.4. The molecular formula is C21H19N3O5S. The number of carbonyl (C=O) groups excluding carboxylic acids is 2. The number of amides is 1. The second-order valence-corrected chi connectivity index (χ2v) is 7.62. The van der Waals surface area contributed by atoms with Crippen LogP contribution < -0.4 is 5.32 Å². The number of hydrogen-bond acceptors (Lipinski definition) is 7. The van der Waals surface area contributed by atoms with Crippen molar-refractivity contribution in [3.8, 4) is 11.3 Å². The lowest BCUT2D eigenvalue weighted by Crippen LogP contribution is -2.30. The number of anilines is 1. The molecule has 0 unspecified atom stereocenters. The number of nitro groups is 1. The molecule has 0 bridgehead atoms. The molecule has 1 amide bonds. The molecule has 0 spiro atoms. The summed E-state index contributed by atoms with van der Waals surface area (Å²) in [6.45, 7) is 5.23. The van der Waals surface area contributed by atoms with Gasteiger partial charge < -0.3 is 4.74 Å². The minimum absolute atomic E-state index is 0.0435. The lowest BCUT2D eigenvalue weighted by molar-refractivity contribution is -0.384. The molecule has 30 heavy (non-hydrogen) atoms. The minimum atomic E-state index is -1.02. The molecule has 154 valence electrons. The van der Waals surface area contributed by atoms with Gasteiger partial charge in [0.2, 0.25) is 0 Å². The first-order valence-corrected chi connectivity index (χ1v) is 9.91. The zero-order valence-electron chi connectivity index (χ0n) is 16.5. The Hall–Kier alpha value is -3.59. The van der Waals surface area contributed by atoms with Gasteiger partial charge in [-0.2, -0.15) is 0 Å². The molecule has 3 rings (SSSR count). The van der Waals surface area contributed by atoms with Gasteiger partial charge in [-0.25, -0.2) is 9.78 Å². The molecule has 0 aliphatic heterocycles. The molecule has 0 saturated carbocycles. The maximum absolute atomic E-state index is 12.4. The van der Waals surface area contributed by atoms with E-state index in [1.807, 2.05) is 19.9 Å². The Morgan fingerprint density at radius 3 is 2.53 bits per heavy atom. The quantitative estimate of drug-likeness (QED) is 0.353. The molecule has 0 aliphatic rings. The van der Waals surface area contributed by atoms with Crippen LogP contribution in [0.25, 0.3) is 11.3 Å². The van der Waals surface area contributed by atoms with Gasteiger partial charge in [-0.05, 0) is 32.9 Å². The summed E-state index contributed by atoms with van der Waals surface area (Å²) in [7, 11) is 0. The highest BCUT2D eigenvalue weighted by atomic mass is 32.1. The van der Waals surface area contributed by atoms with E-state index in [0.29, 0.717) is 22.0 Å². The van der Waals surface area contributed by atoms with E-state index in [1.54, 1.807) is 29.6 Å². The van der Waals surface area contributed by atoms with Crippen LogP contribution in [0.15, 0.2) is 47.8 Å². The van der Waals surface area contributed by atoms with E-state index in [2.05, 4.69) is 10.3 Å². The van der Waals surface area contributed by atoms with Gasteiger partial charge in [-0.1, -0.05) is 29.3 Å². The number of aryl methyl sites for hydroxylation is 2. The Morgan fingerprint density at radius 1 is 1.17 bits per heavy atom. The molecule has 0 radical (unpaired) electrons. The Balaban J connectivity index is 1.65. The fourth-order valence-corrected chi connectivity index (χ4v) is 3.55. The predicted octanol–water partition coefficient (Wildman–Crippen LogP) is 4.52. The molecule has 0 aliphatic carbocycles. The summed E-state index contributed by atoms with van der Waals surface area (Å²) in [6, 6.07) is 11.4. The van der Waals surface area contributed by atoms with Crippen molar-refractivity contribution in [1.29, 1.82) is 0 Å². The van der Waals surface area contributed by atoms with Gasteiger partial charge in [0.15, 0.2) is 11.2 Å². The molecule has 0 fully saturated rings. The molecule has 9 heteroatoms. The number of benzene rings is 2. The Kier molecular flexibility index (Phi) is 6.22. The number of nitrogens with one attached hydrogen (secondary N) is 1. The molecule has 1 heterocycles. The van der Waals surface area contributed by atoms with Crippen LogP contribution in [0.1, 0.15) is 28.4 Å². The highest BCUT2D eigenvalue weighted by Crippen LogP contribution is 2.27. The van der Waals surface area contributed by atoms with Crippen molar-refractivity contribution < 1.29 is 19.2 Å². The van der Waals surface area contributed by atoms with Crippen molar-refractivity contribution in [2.45, 2.75) is 26.9 Å². The summed E-state index contributed by atoms with van der Waals surface area (Å²) in [5.41, 5.74) is 3.26. The summed E-state index contributed by atoms with van der Waals surface area (Å²) in [5.74, 6) is -1.10. The third-order valence-electron chi connectivity index (χ3n) is 4.20. The van der Waals surface area contributed by atoms with Crippen molar-refractivity contribution in [3.63, 3.8) is 0 Å². The SMILES string of the molecule is Cc1cc(C)cc(C(=O)O[C@@H](C)C(=O)Nc2nc(-c3cccc([N+](=O)[O-])c3)cs2)c1. The number of rotatable bonds is 6. The molecule has 2 aromatic carbocycles. The number of esters is 1. The number of nitro benzene ring substituents is 1. The molecule has 8 nitrogen and oxygen atoms in total.